The van der Waals surface area contributed by atoms with Gasteiger partial charge >= 0.3 is 0 Å². The Kier molecular flexibility index (Phi) is 6.95. The van der Waals surface area contributed by atoms with Gasteiger partial charge in [-0.3, -0.25) is 9.69 Å². The zero-order valence-electron chi connectivity index (χ0n) is 15.7. The smallest absolute Gasteiger partial charge is 0.266 e. The standard InChI is InChI=1S/C21H21NO4S2/c1-3-22-20(23)19(28-21(22)27)14-15-8-4-5-9-16(15)25-12-13-26-18-11-7-6-10-17(18)24-2/h4-11,14H,3,12-13H2,1-2H3/b19-14+. The zero-order chi connectivity index (χ0) is 19.9. The molecular formula is C21H21NO4S2. The molecule has 1 heterocycles. The average molecular weight is 416 g/mol. The van der Waals surface area contributed by atoms with Crippen molar-refractivity contribution < 1.29 is 19.0 Å². The number of amides is 1. The van der Waals surface area contributed by atoms with Crippen molar-refractivity contribution in [3.05, 3.63) is 59.0 Å². The van der Waals surface area contributed by atoms with E-state index in [0.29, 0.717) is 46.2 Å². The molecule has 1 aliphatic heterocycles. The number of benzene rings is 2. The number of thioether (sulfide) groups is 1. The second-order valence-corrected chi connectivity index (χ2v) is 7.49. The number of thiocarbonyl (C=S) groups is 1. The van der Waals surface area contributed by atoms with Crippen LogP contribution in [0, 0.1) is 0 Å². The van der Waals surface area contributed by atoms with Crippen LogP contribution in [0.5, 0.6) is 17.2 Å². The van der Waals surface area contributed by atoms with Crippen LogP contribution in [0.2, 0.25) is 0 Å². The normalized spacial score (nSPS) is 15.2. The highest BCUT2D eigenvalue weighted by atomic mass is 32.2. The highest BCUT2D eigenvalue weighted by molar-refractivity contribution is 8.26. The van der Waals surface area contributed by atoms with Gasteiger partial charge in [0.15, 0.2) is 11.5 Å². The van der Waals surface area contributed by atoms with Crippen LogP contribution in [0.25, 0.3) is 6.08 Å². The average Bonchev–Trinajstić information content (AvgIpc) is 2.99. The van der Waals surface area contributed by atoms with Crippen LogP contribution in [0.15, 0.2) is 53.4 Å². The number of rotatable bonds is 8. The Morgan fingerprint density at radius 2 is 1.61 bits per heavy atom. The van der Waals surface area contributed by atoms with Gasteiger partial charge in [-0.05, 0) is 31.2 Å². The van der Waals surface area contributed by atoms with Crippen molar-refractivity contribution in [2.24, 2.45) is 0 Å². The summed E-state index contributed by atoms with van der Waals surface area (Å²) in [5, 5.41) is 0. The molecule has 0 aromatic heterocycles. The van der Waals surface area contributed by atoms with Crippen molar-refractivity contribution in [2.45, 2.75) is 6.92 Å². The van der Waals surface area contributed by atoms with E-state index in [9.17, 15) is 4.79 Å². The quantitative estimate of drug-likeness (QED) is 0.362. The lowest BCUT2D eigenvalue weighted by Crippen LogP contribution is -2.27. The number of para-hydroxylation sites is 3. The van der Waals surface area contributed by atoms with Gasteiger partial charge in [0.05, 0.1) is 12.0 Å². The lowest BCUT2D eigenvalue weighted by Gasteiger charge is -2.12. The first-order valence-corrected chi connectivity index (χ1v) is 10.1. The van der Waals surface area contributed by atoms with E-state index in [0.717, 1.165) is 5.56 Å². The van der Waals surface area contributed by atoms with E-state index in [1.807, 2.05) is 61.5 Å². The van der Waals surface area contributed by atoms with Gasteiger partial charge in [0.1, 0.15) is 23.3 Å². The van der Waals surface area contributed by atoms with Gasteiger partial charge in [0.25, 0.3) is 5.91 Å². The molecular weight excluding hydrogens is 394 g/mol. The maximum absolute atomic E-state index is 12.4. The SMILES string of the molecule is CCN1C(=O)/C(=C\c2ccccc2OCCOc2ccccc2OC)SC1=S. The molecule has 146 valence electrons. The van der Waals surface area contributed by atoms with E-state index < -0.39 is 0 Å². The molecule has 2 aromatic rings. The first-order chi connectivity index (χ1) is 13.6. The van der Waals surface area contributed by atoms with E-state index in [1.54, 1.807) is 12.0 Å². The number of carbonyl (C=O) groups is 1. The lowest BCUT2D eigenvalue weighted by molar-refractivity contribution is -0.121. The molecule has 0 aliphatic carbocycles. The summed E-state index contributed by atoms with van der Waals surface area (Å²) < 4.78 is 17.5. The Labute approximate surface area is 174 Å². The van der Waals surface area contributed by atoms with Gasteiger partial charge in [-0.2, -0.15) is 0 Å². The summed E-state index contributed by atoms with van der Waals surface area (Å²) in [7, 11) is 1.61. The Bertz CT molecular complexity index is 897. The number of ether oxygens (including phenoxy) is 3. The minimum Gasteiger partial charge on any atom is -0.493 e. The minimum atomic E-state index is -0.0631. The largest absolute Gasteiger partial charge is 0.493 e. The fourth-order valence-electron chi connectivity index (χ4n) is 2.69. The van der Waals surface area contributed by atoms with Crippen molar-refractivity contribution >= 4 is 40.3 Å². The molecule has 1 saturated heterocycles. The lowest BCUT2D eigenvalue weighted by atomic mass is 10.2. The van der Waals surface area contributed by atoms with Gasteiger partial charge in [-0.1, -0.05) is 54.3 Å². The van der Waals surface area contributed by atoms with Crippen LogP contribution in [0.4, 0.5) is 0 Å². The molecule has 1 aliphatic rings. The third kappa shape index (κ3) is 4.66. The van der Waals surface area contributed by atoms with Crippen LogP contribution >= 0.6 is 24.0 Å². The second-order valence-electron chi connectivity index (χ2n) is 5.81. The second kappa shape index (κ2) is 9.61. The van der Waals surface area contributed by atoms with E-state index >= 15 is 0 Å². The molecule has 0 bridgehead atoms. The van der Waals surface area contributed by atoms with Crippen molar-refractivity contribution in [1.82, 2.24) is 4.90 Å². The molecule has 28 heavy (non-hydrogen) atoms. The number of carbonyl (C=O) groups excluding carboxylic acids is 1. The predicted molar refractivity (Wildman–Crippen MR) is 116 cm³/mol. The monoisotopic (exact) mass is 415 g/mol. The summed E-state index contributed by atoms with van der Waals surface area (Å²) in [6.45, 7) is 3.21. The highest BCUT2D eigenvalue weighted by Crippen LogP contribution is 2.34. The highest BCUT2D eigenvalue weighted by Gasteiger charge is 2.30. The van der Waals surface area contributed by atoms with Crippen molar-refractivity contribution in [1.29, 1.82) is 0 Å². The summed E-state index contributed by atoms with van der Waals surface area (Å²) in [6.07, 6.45) is 1.82. The van der Waals surface area contributed by atoms with E-state index in [2.05, 4.69) is 0 Å². The molecule has 5 nitrogen and oxygen atoms in total. The topological polar surface area (TPSA) is 48.0 Å². The summed E-state index contributed by atoms with van der Waals surface area (Å²) in [5.41, 5.74) is 0.830. The molecule has 0 N–H and O–H groups in total. The predicted octanol–water partition coefficient (Wildman–Crippen LogP) is 4.37. The molecule has 0 spiro atoms. The maximum Gasteiger partial charge on any atom is 0.266 e. The molecule has 0 saturated carbocycles. The number of likely N-dealkylation sites (N-methyl/N-ethyl adjacent to an activating group) is 1. The van der Waals surface area contributed by atoms with Crippen LogP contribution in [0.3, 0.4) is 0 Å². The Morgan fingerprint density at radius 3 is 2.25 bits per heavy atom. The van der Waals surface area contributed by atoms with Crippen LogP contribution in [-0.4, -0.2) is 42.0 Å². The van der Waals surface area contributed by atoms with Crippen molar-refractivity contribution in [2.75, 3.05) is 26.9 Å². The Hall–Kier alpha value is -2.51. The van der Waals surface area contributed by atoms with Crippen molar-refractivity contribution in [3.8, 4) is 17.2 Å². The fraction of sp³-hybridized carbons (Fsp3) is 0.238. The maximum atomic E-state index is 12.4. The third-order valence-electron chi connectivity index (χ3n) is 4.06. The molecule has 0 radical (unpaired) electrons. The van der Waals surface area contributed by atoms with Gasteiger partial charge < -0.3 is 14.2 Å². The van der Waals surface area contributed by atoms with Crippen molar-refractivity contribution in [3.63, 3.8) is 0 Å². The van der Waals surface area contributed by atoms with Gasteiger partial charge in [0.2, 0.25) is 0 Å². The molecule has 1 fully saturated rings. The summed E-state index contributed by atoms with van der Waals surface area (Å²) in [5.74, 6) is 1.98. The van der Waals surface area contributed by atoms with Crippen LogP contribution < -0.4 is 14.2 Å². The Morgan fingerprint density at radius 1 is 1.00 bits per heavy atom. The molecule has 0 atom stereocenters. The number of methoxy groups -OCH3 is 1. The van der Waals surface area contributed by atoms with E-state index in [1.165, 1.54) is 11.8 Å². The van der Waals surface area contributed by atoms with E-state index in [-0.39, 0.29) is 5.91 Å². The molecule has 1 amide bonds. The number of hydrogen-bond donors (Lipinski definition) is 0. The first kappa shape index (κ1) is 20.2. The molecule has 3 rings (SSSR count). The minimum absolute atomic E-state index is 0.0631. The van der Waals surface area contributed by atoms with Gasteiger partial charge in [-0.25, -0.2) is 0 Å². The molecule has 7 heteroatoms. The molecule has 0 unspecified atom stereocenters. The van der Waals surface area contributed by atoms with Crippen LogP contribution in [0.1, 0.15) is 12.5 Å². The van der Waals surface area contributed by atoms with E-state index in [4.69, 9.17) is 26.4 Å². The summed E-state index contributed by atoms with van der Waals surface area (Å²) >= 11 is 6.58. The Balaban J connectivity index is 1.64. The third-order valence-corrected chi connectivity index (χ3v) is 5.44. The zero-order valence-corrected chi connectivity index (χ0v) is 17.3. The van der Waals surface area contributed by atoms with Gasteiger partial charge in [-0.15, -0.1) is 0 Å². The molecule has 2 aromatic carbocycles. The number of hydrogen-bond acceptors (Lipinski definition) is 6. The number of nitrogens with zero attached hydrogens (tertiary/aromatic N) is 1. The van der Waals surface area contributed by atoms with Gasteiger partial charge in [0, 0.05) is 12.1 Å². The first-order valence-electron chi connectivity index (χ1n) is 8.87. The summed E-state index contributed by atoms with van der Waals surface area (Å²) in [6, 6.07) is 15.1. The summed E-state index contributed by atoms with van der Waals surface area (Å²) in [4.78, 5) is 14.6. The van der Waals surface area contributed by atoms with Crippen LogP contribution in [-0.2, 0) is 4.79 Å². The fourth-order valence-corrected chi connectivity index (χ4v) is 4.06.